The summed E-state index contributed by atoms with van der Waals surface area (Å²) in [6.07, 6.45) is 1.14. The van der Waals surface area contributed by atoms with Crippen molar-refractivity contribution in [3.8, 4) is 0 Å². The van der Waals surface area contributed by atoms with E-state index < -0.39 is 16.1 Å². The van der Waals surface area contributed by atoms with Crippen molar-refractivity contribution in [1.82, 2.24) is 0 Å². The predicted molar refractivity (Wildman–Crippen MR) is 98.3 cm³/mol. The average molecular weight is 418 g/mol. The van der Waals surface area contributed by atoms with E-state index in [1.165, 1.54) is 12.1 Å². The van der Waals surface area contributed by atoms with E-state index >= 15 is 0 Å². The van der Waals surface area contributed by atoms with Crippen molar-refractivity contribution in [2.75, 3.05) is 39.6 Å². The van der Waals surface area contributed by atoms with Crippen molar-refractivity contribution in [3.05, 3.63) is 30.3 Å². The van der Waals surface area contributed by atoms with Crippen molar-refractivity contribution in [2.24, 2.45) is 0 Å². The lowest BCUT2D eigenvalue weighted by atomic mass is 10.2. The lowest BCUT2D eigenvalue weighted by Gasteiger charge is -2.08. The molecule has 1 aromatic rings. The number of esters is 1. The topological polar surface area (TPSA) is 125 Å². The molecule has 0 spiro atoms. The lowest BCUT2D eigenvalue weighted by molar-refractivity contribution is -0.146. The van der Waals surface area contributed by atoms with Crippen molar-refractivity contribution in [3.63, 3.8) is 0 Å². The van der Waals surface area contributed by atoms with Crippen LogP contribution in [0.25, 0.3) is 0 Å². The Hall–Kier alpha value is -2.01. The molecule has 0 atom stereocenters. The molecule has 1 N–H and O–H groups in total. The quantitative estimate of drug-likeness (QED) is 0.242. The number of benzene rings is 1. The van der Waals surface area contributed by atoms with Gasteiger partial charge in [-0.2, -0.15) is 8.42 Å². The number of unbranched alkanes of at least 4 members (excludes halogenated alkanes) is 1. The highest BCUT2D eigenvalue weighted by molar-refractivity contribution is 7.86. The normalized spacial score (nSPS) is 11.3. The van der Waals surface area contributed by atoms with Crippen molar-refractivity contribution < 1.29 is 41.5 Å². The van der Waals surface area contributed by atoms with Crippen LogP contribution in [0.1, 0.15) is 25.7 Å². The summed E-state index contributed by atoms with van der Waals surface area (Å²) in [5.74, 6) is -1.27. The minimum Gasteiger partial charge on any atom is -0.481 e. The first-order valence-corrected chi connectivity index (χ1v) is 10.3. The van der Waals surface area contributed by atoms with Gasteiger partial charge in [0, 0.05) is 12.8 Å². The highest BCUT2D eigenvalue weighted by Crippen LogP contribution is 2.10. The molecule has 158 valence electrons. The van der Waals surface area contributed by atoms with Crippen molar-refractivity contribution in [1.29, 1.82) is 0 Å². The molecule has 10 heteroatoms. The standard InChI is InChI=1S/C18H26O9S/c19-17(20)8-4-5-9-18(21)26-14-12-24-10-11-25-13-15-27-28(22,23)16-6-2-1-3-7-16/h1-3,6-7H,4-5,8-15H2,(H,19,20). The fourth-order valence-corrected chi connectivity index (χ4v) is 2.93. The summed E-state index contributed by atoms with van der Waals surface area (Å²) in [5, 5.41) is 8.48. The molecule has 0 heterocycles. The summed E-state index contributed by atoms with van der Waals surface area (Å²) < 4.78 is 43.9. The Morgan fingerprint density at radius 2 is 1.39 bits per heavy atom. The monoisotopic (exact) mass is 418 g/mol. The lowest BCUT2D eigenvalue weighted by Crippen LogP contribution is -2.15. The van der Waals surface area contributed by atoms with Crippen LogP contribution in [0.2, 0.25) is 0 Å². The first-order valence-electron chi connectivity index (χ1n) is 8.89. The molecule has 0 saturated heterocycles. The first-order chi connectivity index (χ1) is 13.4. The first kappa shape index (κ1) is 24.0. The van der Waals surface area contributed by atoms with E-state index in [0.29, 0.717) is 12.8 Å². The second-order valence-electron chi connectivity index (χ2n) is 5.64. The van der Waals surface area contributed by atoms with E-state index in [0.717, 1.165) is 0 Å². The van der Waals surface area contributed by atoms with Crippen LogP contribution in [-0.2, 0) is 38.1 Å². The Labute approximate surface area is 164 Å². The minimum atomic E-state index is -3.77. The number of ether oxygens (including phenoxy) is 3. The zero-order chi connectivity index (χ0) is 20.7. The zero-order valence-electron chi connectivity index (χ0n) is 15.6. The van der Waals surface area contributed by atoms with Gasteiger partial charge in [-0.3, -0.25) is 13.8 Å². The molecule has 0 aliphatic heterocycles. The second kappa shape index (κ2) is 14.1. The van der Waals surface area contributed by atoms with Crippen LogP contribution in [0.4, 0.5) is 0 Å². The molecule has 0 aromatic heterocycles. The van der Waals surface area contributed by atoms with Gasteiger partial charge in [0.2, 0.25) is 0 Å². The Morgan fingerprint density at radius 1 is 0.821 bits per heavy atom. The zero-order valence-corrected chi connectivity index (χ0v) is 16.4. The van der Waals surface area contributed by atoms with Crippen LogP contribution in [0.5, 0.6) is 0 Å². The fourth-order valence-electron chi connectivity index (χ4n) is 2.01. The van der Waals surface area contributed by atoms with Gasteiger partial charge in [-0.1, -0.05) is 18.2 Å². The van der Waals surface area contributed by atoms with E-state index in [1.54, 1.807) is 18.2 Å². The average Bonchev–Trinajstić information content (AvgIpc) is 2.67. The number of carbonyl (C=O) groups is 2. The second-order valence-corrected chi connectivity index (χ2v) is 7.25. The smallest absolute Gasteiger partial charge is 0.305 e. The van der Waals surface area contributed by atoms with E-state index in [-0.39, 0.29) is 63.3 Å². The van der Waals surface area contributed by atoms with Gasteiger partial charge < -0.3 is 19.3 Å². The number of hydrogen-bond donors (Lipinski definition) is 1. The SMILES string of the molecule is O=C(O)CCCCC(=O)OCCOCCOCCOS(=O)(=O)c1ccccc1. The van der Waals surface area contributed by atoms with Crippen LogP contribution >= 0.6 is 0 Å². The Balaban J connectivity index is 1.93. The highest BCUT2D eigenvalue weighted by Gasteiger charge is 2.13. The molecule has 1 aromatic carbocycles. The van der Waals surface area contributed by atoms with Crippen molar-refractivity contribution >= 4 is 22.1 Å². The molecule has 0 aliphatic carbocycles. The van der Waals surface area contributed by atoms with Gasteiger partial charge in [0.25, 0.3) is 10.1 Å². The Bertz CT molecular complexity index is 674. The summed E-state index contributed by atoms with van der Waals surface area (Å²) in [4.78, 5) is 21.8. The summed E-state index contributed by atoms with van der Waals surface area (Å²) in [5.41, 5.74) is 0. The van der Waals surface area contributed by atoms with Gasteiger partial charge in [0.1, 0.15) is 6.61 Å². The number of rotatable bonds is 16. The molecule has 0 saturated carbocycles. The Kier molecular flexibility index (Phi) is 12.1. The maximum atomic E-state index is 11.8. The third kappa shape index (κ3) is 11.7. The fraction of sp³-hybridized carbons (Fsp3) is 0.556. The summed E-state index contributed by atoms with van der Waals surface area (Å²) >= 11 is 0. The Morgan fingerprint density at radius 3 is 2.04 bits per heavy atom. The predicted octanol–water partition coefficient (Wildman–Crippen LogP) is 1.61. The summed E-state index contributed by atoms with van der Waals surface area (Å²) in [6.45, 7) is 0.830. The molecule has 0 fully saturated rings. The van der Waals surface area contributed by atoms with Crippen molar-refractivity contribution in [2.45, 2.75) is 30.6 Å². The summed E-state index contributed by atoms with van der Waals surface area (Å²) in [7, 11) is -3.77. The van der Waals surface area contributed by atoms with Gasteiger partial charge >= 0.3 is 11.9 Å². The van der Waals surface area contributed by atoms with E-state index in [2.05, 4.69) is 0 Å². The number of carbonyl (C=O) groups excluding carboxylic acids is 1. The molecular formula is C18H26O9S. The van der Waals surface area contributed by atoms with Crippen LogP contribution in [0.3, 0.4) is 0 Å². The third-order valence-corrected chi connectivity index (χ3v) is 4.71. The van der Waals surface area contributed by atoms with Crippen LogP contribution in [0.15, 0.2) is 35.2 Å². The molecule has 0 radical (unpaired) electrons. The maximum absolute atomic E-state index is 11.8. The van der Waals surface area contributed by atoms with E-state index in [1.807, 2.05) is 0 Å². The van der Waals surface area contributed by atoms with Crippen LogP contribution in [0, 0.1) is 0 Å². The van der Waals surface area contributed by atoms with Crippen LogP contribution in [-0.4, -0.2) is 65.1 Å². The molecule has 1 rings (SSSR count). The number of carboxylic acids is 1. The largest absolute Gasteiger partial charge is 0.481 e. The molecule has 0 bridgehead atoms. The van der Waals surface area contributed by atoms with Gasteiger partial charge in [0.15, 0.2) is 0 Å². The van der Waals surface area contributed by atoms with Gasteiger partial charge in [-0.05, 0) is 25.0 Å². The van der Waals surface area contributed by atoms with E-state index in [4.69, 9.17) is 23.5 Å². The summed E-state index contributed by atoms with van der Waals surface area (Å²) in [6, 6.07) is 7.84. The number of hydrogen-bond acceptors (Lipinski definition) is 8. The third-order valence-electron chi connectivity index (χ3n) is 3.38. The maximum Gasteiger partial charge on any atom is 0.305 e. The molecular weight excluding hydrogens is 392 g/mol. The molecule has 0 aliphatic rings. The minimum absolute atomic E-state index is 0.0413. The van der Waals surface area contributed by atoms with Gasteiger partial charge in [0.05, 0.1) is 37.9 Å². The van der Waals surface area contributed by atoms with Gasteiger partial charge in [-0.25, -0.2) is 0 Å². The molecule has 0 amide bonds. The number of aliphatic carboxylic acids is 1. The number of carboxylic acid groups (broad SMARTS) is 1. The van der Waals surface area contributed by atoms with E-state index in [9.17, 15) is 18.0 Å². The molecule has 9 nitrogen and oxygen atoms in total. The van der Waals surface area contributed by atoms with Gasteiger partial charge in [-0.15, -0.1) is 0 Å². The molecule has 0 unspecified atom stereocenters. The highest BCUT2D eigenvalue weighted by atomic mass is 32.2. The molecule has 28 heavy (non-hydrogen) atoms. The van der Waals surface area contributed by atoms with Crippen LogP contribution < -0.4 is 0 Å².